The maximum atomic E-state index is 8.19. The second-order valence-electron chi connectivity index (χ2n) is 8.20. The topological polar surface area (TPSA) is 55.3 Å². The summed E-state index contributed by atoms with van der Waals surface area (Å²) in [6, 6.07) is 19.6. The Balaban J connectivity index is -0.000000463. The van der Waals surface area contributed by atoms with Gasteiger partial charge in [0, 0.05) is 0 Å². The molecule has 0 aromatic heterocycles. The van der Waals surface area contributed by atoms with Crippen molar-refractivity contribution in [2.45, 2.75) is 54.0 Å². The molecule has 0 radical (unpaired) electrons. The molecule has 1 saturated carbocycles. The summed E-state index contributed by atoms with van der Waals surface area (Å²) in [6.07, 6.45) is 0. The predicted molar refractivity (Wildman–Crippen MR) is 131 cm³/mol. The van der Waals surface area contributed by atoms with Crippen molar-refractivity contribution in [1.82, 2.24) is 0 Å². The van der Waals surface area contributed by atoms with Gasteiger partial charge in [0.2, 0.25) is 0 Å². The van der Waals surface area contributed by atoms with Gasteiger partial charge in [-0.05, 0) is 29.6 Å². The molecule has 0 bridgehead atoms. The van der Waals surface area contributed by atoms with Crippen LogP contribution in [0.5, 0.6) is 0 Å². The SMILES string of the molecule is C.CC1C(C)C(C)C(C)C1C.O.[CH2-][C@H](c1ccccc1)[C@H]([NH-])c1ccccc1.[CH3-].[Ir+3]. The number of nitrogens with one attached hydrogen (secondary N) is 1. The predicted octanol–water partition coefficient (Wildman–Crippen LogP) is 7.84. The summed E-state index contributed by atoms with van der Waals surface area (Å²) in [4.78, 5) is 0. The maximum absolute atomic E-state index is 8.19. The molecule has 0 spiro atoms. The molecule has 0 aliphatic heterocycles. The Hall–Kier alpha value is -0.991. The van der Waals surface area contributed by atoms with E-state index < -0.39 is 0 Å². The zero-order valence-electron chi connectivity index (χ0n) is 18.9. The van der Waals surface area contributed by atoms with Crippen molar-refractivity contribution in [3.8, 4) is 0 Å². The van der Waals surface area contributed by atoms with E-state index in [-0.39, 0.29) is 52.4 Å². The maximum Gasteiger partial charge on any atom is 3.00 e. The van der Waals surface area contributed by atoms with Crippen molar-refractivity contribution in [2.24, 2.45) is 29.6 Å². The van der Waals surface area contributed by atoms with E-state index in [1.807, 2.05) is 60.7 Å². The van der Waals surface area contributed by atoms with E-state index in [2.05, 4.69) is 41.5 Å². The fraction of sp³-hybridized carbons (Fsp3) is 0.481. The van der Waals surface area contributed by atoms with Crippen molar-refractivity contribution in [3.63, 3.8) is 0 Å². The second kappa shape index (κ2) is 15.8. The van der Waals surface area contributed by atoms with Gasteiger partial charge in [-0.1, -0.05) is 114 Å². The smallest absolute Gasteiger partial charge is 0.672 e. The van der Waals surface area contributed by atoms with Crippen molar-refractivity contribution < 1.29 is 25.6 Å². The molecule has 1 aliphatic rings. The summed E-state index contributed by atoms with van der Waals surface area (Å²) in [5.74, 6) is 4.65. The molecule has 1 fully saturated rings. The van der Waals surface area contributed by atoms with E-state index in [0.717, 1.165) is 40.7 Å². The Morgan fingerprint density at radius 2 is 0.933 bits per heavy atom. The van der Waals surface area contributed by atoms with Gasteiger partial charge in [0.1, 0.15) is 0 Å². The van der Waals surface area contributed by atoms with Crippen LogP contribution in [0.3, 0.4) is 0 Å². The second-order valence-corrected chi connectivity index (χ2v) is 8.20. The Kier molecular flexibility index (Phi) is 17.7. The summed E-state index contributed by atoms with van der Waals surface area (Å²) >= 11 is 0. The van der Waals surface area contributed by atoms with Gasteiger partial charge in [-0.3, -0.25) is 0 Å². The first kappa shape index (κ1) is 33.6. The van der Waals surface area contributed by atoms with Gasteiger partial charge in [0.15, 0.2) is 0 Å². The summed E-state index contributed by atoms with van der Waals surface area (Å²) < 4.78 is 0. The third-order valence-electron chi connectivity index (χ3n) is 6.94. The molecule has 1 aliphatic carbocycles. The molecule has 2 atom stereocenters. The number of rotatable bonds is 3. The Morgan fingerprint density at radius 1 is 0.667 bits per heavy atom. The van der Waals surface area contributed by atoms with Crippen LogP contribution >= 0.6 is 0 Å². The number of hydrogen-bond acceptors (Lipinski definition) is 0. The monoisotopic (exact) mass is 591 g/mol. The van der Waals surface area contributed by atoms with Crippen LogP contribution in [0.2, 0.25) is 0 Å². The quantitative estimate of drug-likeness (QED) is 0.327. The fourth-order valence-corrected chi connectivity index (χ4v) is 4.18. The van der Waals surface area contributed by atoms with E-state index in [4.69, 9.17) is 5.73 Å². The number of hydrogen-bond donors (Lipinski definition) is 0. The fourth-order valence-electron chi connectivity index (χ4n) is 4.18. The Labute approximate surface area is 200 Å². The van der Waals surface area contributed by atoms with Gasteiger partial charge >= 0.3 is 20.1 Å². The van der Waals surface area contributed by atoms with Crippen molar-refractivity contribution in [1.29, 1.82) is 0 Å². The first-order chi connectivity index (χ1) is 12.3. The molecule has 3 N–H and O–H groups in total. The standard InChI is InChI=1S/C15H15N.C10H20.CH4.CH3.Ir.H2O/c1-12(13-8-4-2-5-9-13)15(16)14-10-6-3-7-11-14;1-6-7(2)9(4)10(5)8(6)3;;;;/h2-12,15-16H,1H2;6-10H,1-5H3;1H4;1H3;;1H2/q-2;;;-1;+3;/t12-,15+;;;;;/m1...../s1. The van der Waals surface area contributed by atoms with Gasteiger partial charge in [0.25, 0.3) is 0 Å². The Bertz CT molecular complexity index is 560. The first-order valence-corrected chi connectivity index (χ1v) is 9.98. The van der Waals surface area contributed by atoms with Gasteiger partial charge in [-0.15, -0.1) is 6.04 Å². The van der Waals surface area contributed by atoms with Crippen molar-refractivity contribution in [2.75, 3.05) is 0 Å². The minimum absolute atomic E-state index is 0. The van der Waals surface area contributed by atoms with Crippen molar-refractivity contribution in [3.05, 3.63) is 91.9 Å². The number of benzene rings is 2. The molecular weight excluding hydrogens is 547 g/mol. The van der Waals surface area contributed by atoms with Crippen LogP contribution < -0.4 is 0 Å². The minimum Gasteiger partial charge on any atom is -0.672 e. The molecule has 0 unspecified atom stereocenters. The van der Waals surface area contributed by atoms with Crippen LogP contribution in [0, 0.1) is 43.9 Å². The molecule has 2 aromatic rings. The minimum atomic E-state index is -0.302. The van der Waals surface area contributed by atoms with Gasteiger partial charge in [-0.25, -0.2) is 0 Å². The van der Waals surface area contributed by atoms with Crippen LogP contribution in [0.1, 0.15) is 65.1 Å². The molecule has 2 nitrogen and oxygen atoms in total. The average molecular weight is 591 g/mol. The van der Waals surface area contributed by atoms with Crippen LogP contribution in [-0.2, 0) is 20.1 Å². The van der Waals surface area contributed by atoms with Crippen LogP contribution in [0.25, 0.3) is 5.73 Å². The van der Waals surface area contributed by atoms with Crippen LogP contribution in [0.4, 0.5) is 0 Å². The first-order valence-electron chi connectivity index (χ1n) is 9.98. The zero-order chi connectivity index (χ0) is 19.3. The van der Waals surface area contributed by atoms with Gasteiger partial charge < -0.3 is 25.6 Å². The molecular formula is C27H44IrNO. The molecule has 172 valence electrons. The van der Waals surface area contributed by atoms with E-state index in [1.165, 1.54) is 0 Å². The third-order valence-corrected chi connectivity index (χ3v) is 6.94. The van der Waals surface area contributed by atoms with Gasteiger partial charge in [0.05, 0.1) is 0 Å². The molecule has 3 rings (SSSR count). The summed E-state index contributed by atoms with van der Waals surface area (Å²) in [7, 11) is 0. The van der Waals surface area contributed by atoms with E-state index in [9.17, 15) is 0 Å². The van der Waals surface area contributed by atoms with Crippen molar-refractivity contribution >= 4 is 0 Å². The van der Waals surface area contributed by atoms with E-state index in [0.29, 0.717) is 0 Å². The molecule has 30 heavy (non-hydrogen) atoms. The van der Waals surface area contributed by atoms with E-state index in [1.54, 1.807) is 0 Å². The summed E-state index contributed by atoms with van der Waals surface area (Å²) in [5.41, 5.74) is 10.3. The van der Waals surface area contributed by atoms with Crippen LogP contribution in [-0.4, -0.2) is 5.48 Å². The largest absolute Gasteiger partial charge is 3.00 e. The molecule has 0 saturated heterocycles. The van der Waals surface area contributed by atoms with Crippen LogP contribution in [0.15, 0.2) is 60.7 Å². The summed E-state index contributed by atoms with van der Waals surface area (Å²) in [6.45, 7) is 16.1. The van der Waals surface area contributed by atoms with Gasteiger partial charge in [-0.2, -0.15) is 5.92 Å². The zero-order valence-corrected chi connectivity index (χ0v) is 21.3. The summed E-state index contributed by atoms with van der Waals surface area (Å²) in [5, 5.41) is 0. The molecule has 0 amide bonds. The normalized spacial score (nSPS) is 26.2. The third kappa shape index (κ3) is 8.27. The average Bonchev–Trinajstić information content (AvgIpc) is 2.86. The Morgan fingerprint density at radius 3 is 1.23 bits per heavy atom. The molecule has 3 heteroatoms. The molecule has 0 heterocycles. The van der Waals surface area contributed by atoms with E-state index >= 15 is 0 Å². The molecule has 2 aromatic carbocycles.